The molecule has 4 heteroatoms. The highest BCUT2D eigenvalue weighted by molar-refractivity contribution is 6.10. The maximum absolute atomic E-state index is 12.9. The van der Waals surface area contributed by atoms with Crippen molar-refractivity contribution in [1.29, 1.82) is 0 Å². The van der Waals surface area contributed by atoms with E-state index in [9.17, 15) is 9.18 Å². The smallest absolute Gasteiger partial charge is 0.213 e. The summed E-state index contributed by atoms with van der Waals surface area (Å²) in [5, 5.41) is 0. The van der Waals surface area contributed by atoms with Gasteiger partial charge in [-0.2, -0.15) is 4.39 Å². The molecule has 0 aliphatic heterocycles. The van der Waals surface area contributed by atoms with Gasteiger partial charge in [-0.15, -0.1) is 0 Å². The van der Waals surface area contributed by atoms with Crippen LogP contribution in [0, 0.1) is 5.95 Å². The van der Waals surface area contributed by atoms with Crippen molar-refractivity contribution in [3.05, 3.63) is 59.7 Å². The van der Waals surface area contributed by atoms with Crippen LogP contribution in [0.15, 0.2) is 42.5 Å². The molecule has 2 rings (SSSR count). The van der Waals surface area contributed by atoms with Gasteiger partial charge in [0.25, 0.3) is 0 Å². The number of nitrogens with zero attached hydrogens (tertiary/aromatic N) is 1. The summed E-state index contributed by atoms with van der Waals surface area (Å²) >= 11 is 0. The second-order valence-corrected chi connectivity index (χ2v) is 3.27. The fraction of sp³-hybridized carbons (Fsp3) is 0. The Hall–Kier alpha value is -2.23. The molecule has 3 nitrogen and oxygen atoms in total. The Morgan fingerprint density at radius 3 is 2.50 bits per heavy atom. The van der Waals surface area contributed by atoms with Crippen molar-refractivity contribution in [3.8, 4) is 0 Å². The lowest BCUT2D eigenvalue weighted by molar-refractivity contribution is 0.103. The van der Waals surface area contributed by atoms with Crippen LogP contribution in [0.5, 0.6) is 0 Å². The van der Waals surface area contributed by atoms with Crippen LogP contribution in [0.4, 0.5) is 10.1 Å². The third-order valence-corrected chi connectivity index (χ3v) is 2.14. The number of hydrogen-bond acceptors (Lipinski definition) is 3. The van der Waals surface area contributed by atoms with E-state index in [-0.39, 0.29) is 17.2 Å². The number of nitrogen functional groups attached to an aromatic ring is 1. The molecule has 0 saturated heterocycles. The number of ketones is 1. The molecule has 0 radical (unpaired) electrons. The molecule has 1 aromatic heterocycles. The van der Waals surface area contributed by atoms with Crippen LogP contribution in [0.1, 0.15) is 16.1 Å². The molecular formula is C12H9FN2O. The van der Waals surface area contributed by atoms with E-state index in [4.69, 9.17) is 5.73 Å². The van der Waals surface area contributed by atoms with Crippen molar-refractivity contribution in [2.75, 3.05) is 5.73 Å². The summed E-state index contributed by atoms with van der Waals surface area (Å²) in [6.07, 6.45) is 0. The summed E-state index contributed by atoms with van der Waals surface area (Å²) in [6.45, 7) is 0. The number of pyridine rings is 1. The van der Waals surface area contributed by atoms with E-state index < -0.39 is 5.95 Å². The zero-order chi connectivity index (χ0) is 11.5. The predicted molar refractivity (Wildman–Crippen MR) is 58.5 cm³/mol. The quantitative estimate of drug-likeness (QED) is 0.617. The van der Waals surface area contributed by atoms with Crippen LogP contribution in [-0.2, 0) is 0 Å². The van der Waals surface area contributed by atoms with Crippen molar-refractivity contribution in [1.82, 2.24) is 4.98 Å². The van der Waals surface area contributed by atoms with E-state index in [0.717, 1.165) is 6.07 Å². The van der Waals surface area contributed by atoms with Gasteiger partial charge < -0.3 is 5.73 Å². The van der Waals surface area contributed by atoms with E-state index in [1.54, 1.807) is 30.3 Å². The van der Waals surface area contributed by atoms with E-state index in [1.807, 2.05) is 0 Å². The van der Waals surface area contributed by atoms with Crippen molar-refractivity contribution in [2.45, 2.75) is 0 Å². The molecule has 0 aliphatic carbocycles. The Kier molecular flexibility index (Phi) is 2.64. The normalized spacial score (nSPS) is 10.1. The number of carbonyl (C=O) groups excluding carboxylic acids is 1. The van der Waals surface area contributed by atoms with Gasteiger partial charge in [0, 0.05) is 5.56 Å². The molecule has 2 aromatic rings. The topological polar surface area (TPSA) is 56.0 Å². The fourth-order valence-electron chi connectivity index (χ4n) is 1.35. The number of rotatable bonds is 2. The average molecular weight is 216 g/mol. The maximum Gasteiger partial charge on any atom is 0.213 e. The van der Waals surface area contributed by atoms with Crippen LogP contribution in [0.3, 0.4) is 0 Å². The molecule has 0 bridgehead atoms. The molecule has 0 aliphatic rings. The van der Waals surface area contributed by atoms with Gasteiger partial charge in [0.1, 0.15) is 5.69 Å². The molecule has 2 N–H and O–H groups in total. The van der Waals surface area contributed by atoms with Crippen LogP contribution >= 0.6 is 0 Å². The molecule has 0 saturated carbocycles. The second kappa shape index (κ2) is 4.10. The lowest BCUT2D eigenvalue weighted by Gasteiger charge is -2.03. The number of anilines is 1. The summed E-state index contributed by atoms with van der Waals surface area (Å²) in [6, 6.07) is 11.0. The molecule has 1 aromatic carbocycles. The third kappa shape index (κ3) is 1.91. The molecule has 0 amide bonds. The summed E-state index contributed by atoms with van der Waals surface area (Å²) in [5.41, 5.74) is 6.14. The fourth-order valence-corrected chi connectivity index (χ4v) is 1.35. The first kappa shape index (κ1) is 10.3. The Morgan fingerprint density at radius 1 is 1.12 bits per heavy atom. The van der Waals surface area contributed by atoms with Crippen molar-refractivity contribution < 1.29 is 9.18 Å². The van der Waals surface area contributed by atoms with Gasteiger partial charge in [-0.25, -0.2) is 4.98 Å². The zero-order valence-corrected chi connectivity index (χ0v) is 8.35. The molecule has 80 valence electrons. The molecule has 0 fully saturated rings. The molecule has 0 spiro atoms. The first-order chi connectivity index (χ1) is 7.68. The SMILES string of the molecule is Nc1ccc(F)nc1C(=O)c1ccccc1. The molecule has 0 atom stereocenters. The van der Waals surface area contributed by atoms with E-state index in [2.05, 4.69) is 4.98 Å². The highest BCUT2D eigenvalue weighted by atomic mass is 19.1. The van der Waals surface area contributed by atoms with Crippen LogP contribution in [-0.4, -0.2) is 10.8 Å². The molecular weight excluding hydrogens is 207 g/mol. The second-order valence-electron chi connectivity index (χ2n) is 3.27. The summed E-state index contributed by atoms with van der Waals surface area (Å²) in [5.74, 6) is -1.09. The van der Waals surface area contributed by atoms with E-state index in [1.165, 1.54) is 6.07 Å². The standard InChI is InChI=1S/C12H9FN2O/c13-10-7-6-9(14)11(15-10)12(16)8-4-2-1-3-5-8/h1-7H,14H2. The van der Waals surface area contributed by atoms with Crippen LogP contribution in [0.25, 0.3) is 0 Å². The average Bonchev–Trinajstić information content (AvgIpc) is 2.32. The minimum absolute atomic E-state index is 0.0498. The molecule has 0 unspecified atom stereocenters. The van der Waals surface area contributed by atoms with Crippen LogP contribution < -0.4 is 5.73 Å². The number of hydrogen-bond donors (Lipinski definition) is 1. The first-order valence-corrected chi connectivity index (χ1v) is 4.70. The number of benzene rings is 1. The predicted octanol–water partition coefficient (Wildman–Crippen LogP) is 2.03. The third-order valence-electron chi connectivity index (χ3n) is 2.14. The van der Waals surface area contributed by atoms with Gasteiger partial charge in [0.15, 0.2) is 0 Å². The van der Waals surface area contributed by atoms with Crippen molar-refractivity contribution in [2.24, 2.45) is 0 Å². The minimum Gasteiger partial charge on any atom is -0.397 e. The lowest BCUT2D eigenvalue weighted by atomic mass is 10.1. The van der Waals surface area contributed by atoms with Gasteiger partial charge >= 0.3 is 0 Å². The Labute approximate surface area is 91.7 Å². The number of nitrogens with two attached hydrogens (primary N) is 1. The molecule has 1 heterocycles. The van der Waals surface area contributed by atoms with Gasteiger partial charge in [0.05, 0.1) is 5.69 Å². The van der Waals surface area contributed by atoms with Gasteiger partial charge in [-0.1, -0.05) is 30.3 Å². The number of aromatic nitrogens is 1. The van der Waals surface area contributed by atoms with Gasteiger partial charge in [0.2, 0.25) is 11.7 Å². The lowest BCUT2D eigenvalue weighted by Crippen LogP contribution is -2.09. The summed E-state index contributed by atoms with van der Waals surface area (Å²) in [7, 11) is 0. The summed E-state index contributed by atoms with van der Waals surface area (Å²) < 4.78 is 12.9. The highest BCUT2D eigenvalue weighted by Crippen LogP contribution is 2.14. The Balaban J connectivity index is 2.46. The van der Waals surface area contributed by atoms with Crippen molar-refractivity contribution in [3.63, 3.8) is 0 Å². The number of carbonyl (C=O) groups is 1. The summed E-state index contributed by atoms with van der Waals surface area (Å²) in [4.78, 5) is 15.4. The van der Waals surface area contributed by atoms with Crippen molar-refractivity contribution >= 4 is 11.5 Å². The Morgan fingerprint density at radius 2 is 1.81 bits per heavy atom. The highest BCUT2D eigenvalue weighted by Gasteiger charge is 2.14. The maximum atomic E-state index is 12.9. The van der Waals surface area contributed by atoms with Gasteiger partial charge in [-0.05, 0) is 12.1 Å². The Bertz CT molecular complexity index is 526. The molecule has 16 heavy (non-hydrogen) atoms. The minimum atomic E-state index is -0.714. The monoisotopic (exact) mass is 216 g/mol. The first-order valence-electron chi connectivity index (χ1n) is 4.70. The van der Waals surface area contributed by atoms with Gasteiger partial charge in [-0.3, -0.25) is 4.79 Å². The van der Waals surface area contributed by atoms with E-state index in [0.29, 0.717) is 5.56 Å². The largest absolute Gasteiger partial charge is 0.397 e. The number of halogens is 1. The van der Waals surface area contributed by atoms with E-state index >= 15 is 0 Å². The van der Waals surface area contributed by atoms with Crippen LogP contribution in [0.2, 0.25) is 0 Å². The zero-order valence-electron chi connectivity index (χ0n) is 8.35.